The van der Waals surface area contributed by atoms with E-state index in [0.29, 0.717) is 0 Å². The third-order valence-corrected chi connectivity index (χ3v) is 3.53. The van der Waals surface area contributed by atoms with Crippen LogP contribution in [0.5, 0.6) is 0 Å². The summed E-state index contributed by atoms with van der Waals surface area (Å²) in [6, 6.07) is 0. The molecule has 0 bridgehead atoms. The van der Waals surface area contributed by atoms with Crippen molar-refractivity contribution < 1.29 is 23.9 Å². The summed E-state index contributed by atoms with van der Waals surface area (Å²) in [5, 5.41) is 17.7. The van der Waals surface area contributed by atoms with Gasteiger partial charge in [-0.15, -0.1) is 0 Å². The van der Waals surface area contributed by atoms with Crippen molar-refractivity contribution in [2.24, 2.45) is 0 Å². The van der Waals surface area contributed by atoms with Crippen molar-refractivity contribution in [1.82, 2.24) is 0 Å². The van der Waals surface area contributed by atoms with Crippen molar-refractivity contribution >= 4 is 0 Å². The van der Waals surface area contributed by atoms with Crippen LogP contribution >= 0.6 is 0 Å². The molecule has 0 fully saturated rings. The molecule has 0 aliphatic rings. The van der Waals surface area contributed by atoms with E-state index in [1.807, 2.05) is 0 Å². The molecular weight excluding hydrogens is 244 g/mol. The van der Waals surface area contributed by atoms with Crippen LogP contribution in [0, 0.1) is 0 Å². The molecule has 0 aliphatic heterocycles. The van der Waals surface area contributed by atoms with Crippen molar-refractivity contribution in [2.45, 2.75) is 12.8 Å². The van der Waals surface area contributed by atoms with Crippen LogP contribution in [0.2, 0.25) is 0 Å². The SMILES string of the molecule is C[N+](C)(CCCO)CCOCC[N+](C)(C)CCCO. The van der Waals surface area contributed by atoms with E-state index in [2.05, 4.69) is 28.2 Å². The lowest BCUT2D eigenvalue weighted by molar-refractivity contribution is -0.894. The quantitative estimate of drug-likeness (QED) is 0.388. The summed E-state index contributed by atoms with van der Waals surface area (Å²) in [4.78, 5) is 0. The molecule has 0 amide bonds. The standard InChI is InChI=1S/C14H34N2O3/c1-15(2,7-5-11-17)9-13-19-14-10-16(3,4)8-6-12-18/h17-18H,5-14H2,1-4H3/q+2. The number of aliphatic hydroxyl groups is 2. The first-order valence-electron chi connectivity index (χ1n) is 7.26. The van der Waals surface area contributed by atoms with Gasteiger partial charge in [0.25, 0.3) is 0 Å². The highest BCUT2D eigenvalue weighted by Gasteiger charge is 2.16. The fraction of sp³-hybridized carbons (Fsp3) is 1.00. The zero-order valence-corrected chi connectivity index (χ0v) is 13.3. The summed E-state index contributed by atoms with van der Waals surface area (Å²) in [5.41, 5.74) is 0. The molecule has 0 heterocycles. The maximum atomic E-state index is 8.84. The molecule has 116 valence electrons. The number of hydrogen-bond donors (Lipinski definition) is 2. The lowest BCUT2D eigenvalue weighted by Crippen LogP contribution is -2.45. The minimum Gasteiger partial charge on any atom is -0.396 e. The molecule has 19 heavy (non-hydrogen) atoms. The summed E-state index contributed by atoms with van der Waals surface area (Å²) < 4.78 is 7.49. The molecule has 0 aromatic heterocycles. The van der Waals surface area contributed by atoms with E-state index in [0.717, 1.165) is 61.2 Å². The van der Waals surface area contributed by atoms with Gasteiger partial charge in [-0.2, -0.15) is 0 Å². The van der Waals surface area contributed by atoms with Crippen LogP contribution in [0.1, 0.15) is 12.8 Å². The van der Waals surface area contributed by atoms with Gasteiger partial charge in [-0.05, 0) is 0 Å². The van der Waals surface area contributed by atoms with Crippen molar-refractivity contribution in [3.05, 3.63) is 0 Å². The highest BCUT2D eigenvalue weighted by molar-refractivity contribution is 4.39. The van der Waals surface area contributed by atoms with E-state index in [-0.39, 0.29) is 13.2 Å². The Balaban J connectivity index is 3.63. The molecule has 0 unspecified atom stereocenters. The molecule has 0 atom stereocenters. The smallest absolute Gasteiger partial charge is 0.102 e. The first kappa shape index (κ1) is 18.8. The van der Waals surface area contributed by atoms with Crippen LogP contribution in [0.15, 0.2) is 0 Å². The first-order chi connectivity index (χ1) is 8.83. The summed E-state index contributed by atoms with van der Waals surface area (Å²) in [5.74, 6) is 0. The molecule has 5 nitrogen and oxygen atoms in total. The second-order valence-electron chi connectivity index (χ2n) is 6.53. The molecule has 0 aromatic carbocycles. The number of ether oxygens (including phenoxy) is 1. The molecule has 0 saturated heterocycles. The minimum absolute atomic E-state index is 0.263. The predicted molar refractivity (Wildman–Crippen MR) is 77.9 cm³/mol. The Morgan fingerprint density at radius 2 is 1.05 bits per heavy atom. The van der Waals surface area contributed by atoms with Gasteiger partial charge in [0.05, 0.1) is 54.5 Å². The molecule has 0 aromatic rings. The number of hydrogen-bond acceptors (Lipinski definition) is 3. The topological polar surface area (TPSA) is 49.7 Å². The Labute approximate surface area is 118 Å². The van der Waals surface area contributed by atoms with E-state index < -0.39 is 0 Å². The van der Waals surface area contributed by atoms with E-state index >= 15 is 0 Å². The molecule has 0 radical (unpaired) electrons. The van der Waals surface area contributed by atoms with Crippen LogP contribution in [-0.4, -0.2) is 100.0 Å². The van der Waals surface area contributed by atoms with Crippen LogP contribution < -0.4 is 0 Å². The van der Waals surface area contributed by atoms with Gasteiger partial charge < -0.3 is 23.9 Å². The summed E-state index contributed by atoms with van der Waals surface area (Å²) >= 11 is 0. The molecule has 0 saturated carbocycles. The third kappa shape index (κ3) is 11.3. The summed E-state index contributed by atoms with van der Waals surface area (Å²) in [7, 11) is 8.67. The average Bonchev–Trinajstić information content (AvgIpc) is 2.33. The van der Waals surface area contributed by atoms with Crippen LogP contribution in [0.3, 0.4) is 0 Å². The monoisotopic (exact) mass is 278 g/mol. The molecule has 0 spiro atoms. The summed E-state index contributed by atoms with van der Waals surface area (Å²) in [6.07, 6.45) is 1.69. The van der Waals surface area contributed by atoms with Gasteiger partial charge in [0.15, 0.2) is 0 Å². The number of aliphatic hydroxyl groups excluding tert-OH is 2. The van der Waals surface area contributed by atoms with Gasteiger partial charge in [0.1, 0.15) is 13.1 Å². The van der Waals surface area contributed by atoms with Crippen LogP contribution in [-0.2, 0) is 4.74 Å². The average molecular weight is 278 g/mol. The number of quaternary nitrogens is 2. The Morgan fingerprint density at radius 1 is 0.684 bits per heavy atom. The van der Waals surface area contributed by atoms with E-state index in [4.69, 9.17) is 14.9 Å². The largest absolute Gasteiger partial charge is 0.396 e. The Morgan fingerprint density at radius 3 is 1.37 bits per heavy atom. The Hall–Kier alpha value is -0.200. The van der Waals surface area contributed by atoms with Crippen molar-refractivity contribution in [3.8, 4) is 0 Å². The van der Waals surface area contributed by atoms with Gasteiger partial charge >= 0.3 is 0 Å². The van der Waals surface area contributed by atoms with Gasteiger partial charge in [-0.1, -0.05) is 0 Å². The fourth-order valence-corrected chi connectivity index (χ4v) is 1.95. The fourth-order valence-electron chi connectivity index (χ4n) is 1.95. The molecule has 2 N–H and O–H groups in total. The molecule has 0 aliphatic carbocycles. The van der Waals surface area contributed by atoms with Crippen molar-refractivity contribution in [2.75, 3.05) is 80.8 Å². The lowest BCUT2D eigenvalue weighted by Gasteiger charge is -2.31. The maximum Gasteiger partial charge on any atom is 0.102 e. The van der Waals surface area contributed by atoms with Crippen LogP contribution in [0.25, 0.3) is 0 Å². The van der Waals surface area contributed by atoms with E-state index in [9.17, 15) is 0 Å². The molecular formula is C14H34N2O3+2. The highest BCUT2D eigenvalue weighted by atomic mass is 16.5. The Kier molecular flexibility index (Phi) is 9.56. The normalized spacial score (nSPS) is 12.9. The first-order valence-corrected chi connectivity index (χ1v) is 7.26. The zero-order valence-electron chi connectivity index (χ0n) is 13.3. The van der Waals surface area contributed by atoms with Gasteiger partial charge in [0.2, 0.25) is 0 Å². The van der Waals surface area contributed by atoms with Crippen molar-refractivity contribution in [3.63, 3.8) is 0 Å². The van der Waals surface area contributed by atoms with Crippen molar-refractivity contribution in [1.29, 1.82) is 0 Å². The molecule has 0 rings (SSSR count). The zero-order chi connectivity index (χ0) is 14.8. The minimum atomic E-state index is 0.263. The predicted octanol–water partition coefficient (Wildman–Crippen LogP) is -0.0794. The number of nitrogens with zero attached hydrogens (tertiary/aromatic N) is 2. The maximum absolute atomic E-state index is 8.84. The number of likely N-dealkylation sites (N-methyl/N-ethyl adjacent to an activating group) is 2. The second kappa shape index (κ2) is 9.66. The van der Waals surface area contributed by atoms with E-state index in [1.54, 1.807) is 0 Å². The highest BCUT2D eigenvalue weighted by Crippen LogP contribution is 2.01. The van der Waals surface area contributed by atoms with Gasteiger partial charge in [0, 0.05) is 26.1 Å². The third-order valence-electron chi connectivity index (χ3n) is 3.53. The Bertz CT molecular complexity index is 199. The van der Waals surface area contributed by atoms with Gasteiger partial charge in [-0.3, -0.25) is 0 Å². The lowest BCUT2D eigenvalue weighted by atomic mass is 10.3. The van der Waals surface area contributed by atoms with Gasteiger partial charge in [-0.25, -0.2) is 0 Å². The van der Waals surface area contributed by atoms with E-state index in [1.165, 1.54) is 0 Å². The summed E-state index contributed by atoms with van der Waals surface area (Å²) in [6.45, 7) is 5.97. The van der Waals surface area contributed by atoms with Crippen LogP contribution in [0.4, 0.5) is 0 Å². The molecule has 5 heteroatoms. The second-order valence-corrected chi connectivity index (χ2v) is 6.53. The number of rotatable bonds is 12.